The highest BCUT2D eigenvalue weighted by atomic mass is 35.5. The molecule has 1 aromatic carbocycles. The predicted octanol–water partition coefficient (Wildman–Crippen LogP) is 3.67. The molecule has 19 heavy (non-hydrogen) atoms. The molecule has 1 unspecified atom stereocenters. The zero-order chi connectivity index (χ0) is 14.0. The minimum Gasteiger partial charge on any atom is -0.379 e. The summed E-state index contributed by atoms with van der Waals surface area (Å²) in [6.07, 6.45) is -3.55. The summed E-state index contributed by atoms with van der Waals surface area (Å²) in [4.78, 5) is 1.83. The van der Waals surface area contributed by atoms with Gasteiger partial charge in [0, 0.05) is 25.2 Å². The van der Waals surface area contributed by atoms with Gasteiger partial charge in [-0.3, -0.25) is 0 Å². The van der Waals surface area contributed by atoms with Crippen LogP contribution in [0.5, 0.6) is 0 Å². The summed E-state index contributed by atoms with van der Waals surface area (Å²) in [6, 6.07) is 4.40. The van der Waals surface area contributed by atoms with Crippen LogP contribution >= 0.6 is 11.6 Å². The molecule has 2 nitrogen and oxygen atoms in total. The summed E-state index contributed by atoms with van der Waals surface area (Å²) in [5.41, 5.74) is -0.0172. The summed E-state index contributed by atoms with van der Waals surface area (Å²) >= 11 is 5.56. The first-order chi connectivity index (χ1) is 8.93. The molecule has 0 saturated carbocycles. The van der Waals surface area contributed by atoms with E-state index < -0.39 is 11.7 Å². The number of hydrogen-bond acceptors (Lipinski definition) is 2. The number of nitrogens with zero attached hydrogens (tertiary/aromatic N) is 1. The largest absolute Gasteiger partial charge is 0.416 e. The zero-order valence-electron chi connectivity index (χ0n) is 10.5. The molecule has 1 atom stereocenters. The summed E-state index contributed by atoms with van der Waals surface area (Å²) < 4.78 is 44.1. The van der Waals surface area contributed by atoms with E-state index in [-0.39, 0.29) is 17.5 Å². The molecule has 6 heteroatoms. The smallest absolute Gasteiger partial charge is 0.379 e. The van der Waals surface area contributed by atoms with E-state index in [1.807, 2.05) is 4.90 Å². The minimum absolute atomic E-state index is 0.106. The fourth-order valence-corrected chi connectivity index (χ4v) is 2.44. The van der Waals surface area contributed by atoms with Crippen LogP contribution in [0.25, 0.3) is 0 Å². The number of likely N-dealkylation sites (N-methyl/N-ethyl adjacent to an activating group) is 1. The van der Waals surface area contributed by atoms with Crippen molar-refractivity contribution in [1.82, 2.24) is 0 Å². The number of ether oxygens (including phenoxy) is 1. The molecule has 0 N–H and O–H groups in total. The molecule has 1 aliphatic rings. The van der Waals surface area contributed by atoms with Crippen LogP contribution in [0.3, 0.4) is 0 Å². The molecule has 0 aromatic heterocycles. The molecule has 1 aliphatic heterocycles. The van der Waals surface area contributed by atoms with Crippen LogP contribution in [-0.2, 0) is 16.8 Å². The van der Waals surface area contributed by atoms with Crippen LogP contribution < -0.4 is 4.90 Å². The van der Waals surface area contributed by atoms with Gasteiger partial charge in [-0.05, 0) is 24.1 Å². The topological polar surface area (TPSA) is 12.5 Å². The maximum Gasteiger partial charge on any atom is 0.416 e. The number of anilines is 1. The van der Waals surface area contributed by atoms with E-state index in [4.69, 9.17) is 16.3 Å². The predicted molar refractivity (Wildman–Crippen MR) is 68.6 cm³/mol. The van der Waals surface area contributed by atoms with Gasteiger partial charge >= 0.3 is 6.18 Å². The highest BCUT2D eigenvalue weighted by molar-refractivity contribution is 6.17. The summed E-state index contributed by atoms with van der Waals surface area (Å²) in [7, 11) is 1.79. The van der Waals surface area contributed by atoms with Gasteiger partial charge in [0.2, 0.25) is 0 Å². The van der Waals surface area contributed by atoms with Crippen molar-refractivity contribution in [3.05, 3.63) is 29.3 Å². The van der Waals surface area contributed by atoms with Gasteiger partial charge in [0.05, 0.1) is 18.2 Å². The van der Waals surface area contributed by atoms with E-state index in [0.717, 1.165) is 12.5 Å². The van der Waals surface area contributed by atoms with Crippen molar-refractivity contribution in [3.63, 3.8) is 0 Å². The Hall–Kier alpha value is -0.940. The first-order valence-electron chi connectivity index (χ1n) is 6.00. The molecule has 1 heterocycles. The van der Waals surface area contributed by atoms with E-state index in [1.54, 1.807) is 13.1 Å². The van der Waals surface area contributed by atoms with Gasteiger partial charge in [-0.2, -0.15) is 13.2 Å². The van der Waals surface area contributed by atoms with Gasteiger partial charge in [0.15, 0.2) is 0 Å². The van der Waals surface area contributed by atoms with Crippen molar-refractivity contribution in [2.75, 3.05) is 25.2 Å². The molecule has 106 valence electrons. The number of alkyl halides is 4. The molecule has 1 fully saturated rings. The van der Waals surface area contributed by atoms with E-state index in [2.05, 4.69) is 0 Å². The molecular weight excluding hydrogens is 279 g/mol. The lowest BCUT2D eigenvalue weighted by atomic mass is 10.1. The van der Waals surface area contributed by atoms with Gasteiger partial charge < -0.3 is 9.64 Å². The third-order valence-corrected chi connectivity index (χ3v) is 3.69. The maximum absolute atomic E-state index is 13.0. The number of benzene rings is 1. The average Bonchev–Trinajstić information content (AvgIpc) is 2.90. The second kappa shape index (κ2) is 5.59. The quantitative estimate of drug-likeness (QED) is 0.789. The zero-order valence-corrected chi connectivity index (χ0v) is 11.3. The average molecular weight is 294 g/mol. The van der Waals surface area contributed by atoms with Gasteiger partial charge in [-0.1, -0.05) is 6.07 Å². The van der Waals surface area contributed by atoms with Crippen LogP contribution in [0.15, 0.2) is 18.2 Å². The van der Waals surface area contributed by atoms with Crippen molar-refractivity contribution < 1.29 is 17.9 Å². The monoisotopic (exact) mass is 293 g/mol. The van der Waals surface area contributed by atoms with Crippen LogP contribution in [0.4, 0.5) is 18.9 Å². The Labute approximate surface area is 115 Å². The number of hydrogen-bond donors (Lipinski definition) is 0. The Kier molecular flexibility index (Phi) is 4.26. The highest BCUT2D eigenvalue weighted by Gasteiger charge is 2.34. The van der Waals surface area contributed by atoms with E-state index >= 15 is 0 Å². The van der Waals surface area contributed by atoms with Crippen LogP contribution in [0, 0.1) is 0 Å². The molecule has 0 radical (unpaired) electrons. The molecular formula is C13H15ClF3NO. The van der Waals surface area contributed by atoms with Gasteiger partial charge in [0.1, 0.15) is 0 Å². The Balaban J connectivity index is 2.31. The van der Waals surface area contributed by atoms with Crippen molar-refractivity contribution in [2.24, 2.45) is 0 Å². The molecule has 1 aromatic rings. The first-order valence-corrected chi connectivity index (χ1v) is 6.53. The van der Waals surface area contributed by atoms with Gasteiger partial charge in [-0.15, -0.1) is 11.6 Å². The van der Waals surface area contributed by atoms with Crippen LogP contribution in [-0.4, -0.2) is 26.3 Å². The standard InChI is InChI=1S/C13H15ClF3NO/c1-18(11-4-5-19-8-11)10-3-2-9(7-14)12(6-10)13(15,16)17/h2-3,6,11H,4-5,7-8H2,1H3. The summed E-state index contributed by atoms with van der Waals surface area (Å²) in [6.45, 7) is 1.20. The summed E-state index contributed by atoms with van der Waals surface area (Å²) in [5, 5.41) is 0. The Bertz CT molecular complexity index is 444. The Morgan fingerprint density at radius 2 is 2.16 bits per heavy atom. The van der Waals surface area contributed by atoms with Crippen LogP contribution in [0.2, 0.25) is 0 Å². The van der Waals surface area contributed by atoms with Crippen molar-refractivity contribution in [1.29, 1.82) is 0 Å². The van der Waals surface area contributed by atoms with Crippen LogP contribution in [0.1, 0.15) is 17.5 Å². The SMILES string of the molecule is CN(c1ccc(CCl)c(C(F)(F)F)c1)C1CCOC1. The lowest BCUT2D eigenvalue weighted by Gasteiger charge is -2.26. The Morgan fingerprint density at radius 3 is 2.68 bits per heavy atom. The second-order valence-electron chi connectivity index (χ2n) is 4.60. The fraction of sp³-hybridized carbons (Fsp3) is 0.538. The molecule has 2 rings (SSSR count). The van der Waals surface area contributed by atoms with Gasteiger partial charge in [0.25, 0.3) is 0 Å². The number of halogens is 4. The van der Waals surface area contributed by atoms with E-state index in [9.17, 15) is 13.2 Å². The van der Waals surface area contributed by atoms with Crippen molar-refractivity contribution in [2.45, 2.75) is 24.5 Å². The molecule has 0 spiro atoms. The highest BCUT2D eigenvalue weighted by Crippen LogP contribution is 2.35. The Morgan fingerprint density at radius 1 is 1.42 bits per heavy atom. The fourth-order valence-electron chi connectivity index (χ4n) is 2.20. The lowest BCUT2D eigenvalue weighted by molar-refractivity contribution is -0.138. The third kappa shape index (κ3) is 3.15. The molecule has 0 bridgehead atoms. The first kappa shape index (κ1) is 14.5. The second-order valence-corrected chi connectivity index (χ2v) is 4.87. The molecule has 0 amide bonds. The molecule has 0 aliphatic carbocycles. The maximum atomic E-state index is 13.0. The van der Waals surface area contributed by atoms with Crippen molar-refractivity contribution in [3.8, 4) is 0 Å². The lowest BCUT2D eigenvalue weighted by Crippen LogP contribution is -2.32. The number of rotatable bonds is 3. The summed E-state index contributed by atoms with van der Waals surface area (Å²) in [5.74, 6) is -0.147. The van der Waals surface area contributed by atoms with Crippen molar-refractivity contribution >= 4 is 17.3 Å². The van der Waals surface area contributed by atoms with Gasteiger partial charge in [-0.25, -0.2) is 0 Å². The normalized spacial score (nSPS) is 19.7. The van der Waals surface area contributed by atoms with E-state index in [0.29, 0.717) is 18.9 Å². The minimum atomic E-state index is -4.38. The van der Waals surface area contributed by atoms with E-state index in [1.165, 1.54) is 6.07 Å². The third-order valence-electron chi connectivity index (χ3n) is 3.40. The molecule has 1 saturated heterocycles.